The zero-order valence-electron chi connectivity index (χ0n) is 10.6. The second-order valence-electron chi connectivity index (χ2n) is 5.08. The molecule has 1 N–H and O–H groups in total. The van der Waals surface area contributed by atoms with Crippen molar-refractivity contribution in [2.75, 3.05) is 20.1 Å². The molecule has 0 radical (unpaired) electrons. The molecule has 1 aromatic heterocycles. The molecule has 1 aliphatic heterocycles. The lowest BCUT2D eigenvalue weighted by molar-refractivity contribution is -0.139. The Balaban J connectivity index is 2.00. The fraction of sp³-hybridized carbons (Fsp3) is 0.667. The highest BCUT2D eigenvalue weighted by molar-refractivity contribution is 5.82. The minimum atomic E-state index is -0.270. The SMILES string of the molecule is Cc1cc(CN(C)C(=O)C2(C)CCNC2)no1. The molecule has 17 heavy (non-hydrogen) atoms. The maximum Gasteiger partial charge on any atom is 0.229 e. The van der Waals surface area contributed by atoms with Crippen LogP contribution in [-0.2, 0) is 11.3 Å². The lowest BCUT2D eigenvalue weighted by Crippen LogP contribution is -2.41. The van der Waals surface area contributed by atoms with E-state index >= 15 is 0 Å². The molecule has 1 aliphatic rings. The van der Waals surface area contributed by atoms with E-state index in [2.05, 4.69) is 10.5 Å². The summed E-state index contributed by atoms with van der Waals surface area (Å²) in [5.41, 5.74) is 0.529. The van der Waals surface area contributed by atoms with Gasteiger partial charge < -0.3 is 14.7 Å². The van der Waals surface area contributed by atoms with Gasteiger partial charge >= 0.3 is 0 Å². The molecule has 5 heteroatoms. The average molecular weight is 237 g/mol. The quantitative estimate of drug-likeness (QED) is 0.850. The number of nitrogens with one attached hydrogen (secondary N) is 1. The van der Waals surface area contributed by atoms with E-state index in [0.717, 1.165) is 31.0 Å². The van der Waals surface area contributed by atoms with Gasteiger partial charge in [-0.25, -0.2) is 0 Å². The fourth-order valence-electron chi connectivity index (χ4n) is 2.27. The van der Waals surface area contributed by atoms with Crippen LogP contribution in [0.5, 0.6) is 0 Å². The van der Waals surface area contributed by atoms with Crippen LogP contribution in [0.1, 0.15) is 24.8 Å². The van der Waals surface area contributed by atoms with E-state index in [4.69, 9.17) is 4.52 Å². The highest BCUT2D eigenvalue weighted by atomic mass is 16.5. The summed E-state index contributed by atoms with van der Waals surface area (Å²) in [5, 5.41) is 7.14. The first-order chi connectivity index (χ1) is 8.01. The normalized spacial score (nSPS) is 23.9. The highest BCUT2D eigenvalue weighted by Gasteiger charge is 2.38. The topological polar surface area (TPSA) is 58.4 Å². The summed E-state index contributed by atoms with van der Waals surface area (Å²) in [6.07, 6.45) is 0.897. The van der Waals surface area contributed by atoms with E-state index in [1.165, 1.54) is 0 Å². The second kappa shape index (κ2) is 4.49. The van der Waals surface area contributed by atoms with Crippen molar-refractivity contribution in [3.8, 4) is 0 Å². The van der Waals surface area contributed by atoms with E-state index in [1.54, 1.807) is 4.90 Å². The predicted octanol–water partition coefficient (Wildman–Crippen LogP) is 0.941. The number of nitrogens with zero attached hydrogens (tertiary/aromatic N) is 2. The monoisotopic (exact) mass is 237 g/mol. The first-order valence-electron chi connectivity index (χ1n) is 5.90. The summed E-state index contributed by atoms with van der Waals surface area (Å²) in [6, 6.07) is 1.86. The van der Waals surface area contributed by atoms with E-state index in [1.807, 2.05) is 27.0 Å². The summed E-state index contributed by atoms with van der Waals surface area (Å²) in [5.74, 6) is 0.942. The van der Waals surface area contributed by atoms with Gasteiger partial charge in [0.05, 0.1) is 12.0 Å². The van der Waals surface area contributed by atoms with E-state index < -0.39 is 0 Å². The van der Waals surface area contributed by atoms with Gasteiger partial charge in [-0.3, -0.25) is 4.79 Å². The van der Waals surface area contributed by atoms with Gasteiger partial charge in [-0.05, 0) is 26.8 Å². The van der Waals surface area contributed by atoms with Crippen LogP contribution in [0.4, 0.5) is 0 Å². The number of carbonyl (C=O) groups is 1. The Bertz CT molecular complexity index is 408. The van der Waals surface area contributed by atoms with Gasteiger partial charge in [-0.2, -0.15) is 0 Å². The van der Waals surface area contributed by atoms with Crippen LogP contribution in [0, 0.1) is 12.3 Å². The molecule has 0 aliphatic carbocycles. The summed E-state index contributed by atoms with van der Waals surface area (Å²) in [4.78, 5) is 14.0. The number of amides is 1. The number of hydrogen-bond donors (Lipinski definition) is 1. The van der Waals surface area contributed by atoms with Gasteiger partial charge in [0.2, 0.25) is 5.91 Å². The van der Waals surface area contributed by atoms with Gasteiger partial charge in [-0.1, -0.05) is 5.16 Å². The Morgan fingerprint density at radius 2 is 2.47 bits per heavy atom. The molecule has 0 bridgehead atoms. The third-order valence-electron chi connectivity index (χ3n) is 3.31. The third-order valence-corrected chi connectivity index (χ3v) is 3.31. The number of aryl methyl sites for hydroxylation is 1. The smallest absolute Gasteiger partial charge is 0.229 e. The molecule has 2 heterocycles. The van der Waals surface area contributed by atoms with Gasteiger partial charge in [0.1, 0.15) is 11.5 Å². The molecule has 1 aromatic rings. The Labute approximate surface area is 101 Å². The molecule has 0 saturated carbocycles. The predicted molar refractivity (Wildman–Crippen MR) is 63.3 cm³/mol. The molecule has 94 valence electrons. The molecule has 5 nitrogen and oxygen atoms in total. The zero-order chi connectivity index (χ0) is 12.5. The van der Waals surface area contributed by atoms with Crippen molar-refractivity contribution >= 4 is 5.91 Å². The minimum Gasteiger partial charge on any atom is -0.361 e. The first kappa shape index (κ1) is 12.1. The Hall–Kier alpha value is -1.36. The van der Waals surface area contributed by atoms with Crippen molar-refractivity contribution in [1.29, 1.82) is 0 Å². The maximum atomic E-state index is 12.3. The van der Waals surface area contributed by atoms with Crippen molar-refractivity contribution in [2.24, 2.45) is 5.41 Å². The summed E-state index contributed by atoms with van der Waals surface area (Å²) in [6.45, 7) is 6.04. The lowest BCUT2D eigenvalue weighted by atomic mass is 9.88. The molecular formula is C12H19N3O2. The van der Waals surface area contributed by atoms with Crippen molar-refractivity contribution < 1.29 is 9.32 Å². The van der Waals surface area contributed by atoms with Crippen LogP contribution < -0.4 is 5.32 Å². The molecule has 1 saturated heterocycles. The van der Waals surface area contributed by atoms with Crippen LogP contribution in [0.3, 0.4) is 0 Å². The van der Waals surface area contributed by atoms with Crippen LogP contribution in [-0.4, -0.2) is 36.1 Å². The van der Waals surface area contributed by atoms with Gasteiger partial charge in [0, 0.05) is 19.7 Å². The number of aromatic nitrogens is 1. The number of rotatable bonds is 3. The highest BCUT2D eigenvalue weighted by Crippen LogP contribution is 2.27. The Kier molecular flexibility index (Phi) is 3.19. The van der Waals surface area contributed by atoms with Crippen LogP contribution >= 0.6 is 0 Å². The number of carbonyl (C=O) groups excluding carboxylic acids is 1. The second-order valence-corrected chi connectivity index (χ2v) is 5.08. The molecule has 0 spiro atoms. The summed E-state index contributed by atoms with van der Waals surface area (Å²) < 4.78 is 5.00. The van der Waals surface area contributed by atoms with Crippen LogP contribution in [0.15, 0.2) is 10.6 Å². The Morgan fingerprint density at radius 3 is 3.00 bits per heavy atom. The molecular weight excluding hydrogens is 218 g/mol. The Morgan fingerprint density at radius 1 is 1.71 bits per heavy atom. The van der Waals surface area contributed by atoms with Gasteiger partial charge in [-0.15, -0.1) is 0 Å². The molecule has 1 atom stereocenters. The van der Waals surface area contributed by atoms with E-state index in [0.29, 0.717) is 6.54 Å². The maximum absolute atomic E-state index is 12.3. The van der Waals surface area contributed by atoms with Gasteiger partial charge in [0.25, 0.3) is 0 Å². The fourth-order valence-corrected chi connectivity index (χ4v) is 2.27. The number of hydrogen-bond acceptors (Lipinski definition) is 4. The third kappa shape index (κ3) is 2.49. The molecule has 1 fully saturated rings. The van der Waals surface area contributed by atoms with Crippen LogP contribution in [0.25, 0.3) is 0 Å². The van der Waals surface area contributed by atoms with Gasteiger partial charge in [0.15, 0.2) is 0 Å². The molecule has 0 aromatic carbocycles. The summed E-state index contributed by atoms with van der Waals surface area (Å²) >= 11 is 0. The summed E-state index contributed by atoms with van der Waals surface area (Å²) in [7, 11) is 1.82. The van der Waals surface area contributed by atoms with Crippen molar-refractivity contribution in [2.45, 2.75) is 26.8 Å². The average Bonchev–Trinajstić information content (AvgIpc) is 2.88. The largest absolute Gasteiger partial charge is 0.361 e. The first-order valence-corrected chi connectivity index (χ1v) is 5.90. The standard InChI is InChI=1S/C12H19N3O2/c1-9-6-10(14-17-9)7-15(3)11(16)12(2)4-5-13-8-12/h6,13H,4-5,7-8H2,1-3H3. The zero-order valence-corrected chi connectivity index (χ0v) is 10.6. The van der Waals surface area contributed by atoms with Crippen molar-refractivity contribution in [3.63, 3.8) is 0 Å². The van der Waals surface area contributed by atoms with Crippen molar-refractivity contribution in [3.05, 3.63) is 17.5 Å². The van der Waals surface area contributed by atoms with Crippen molar-refractivity contribution in [1.82, 2.24) is 15.4 Å². The minimum absolute atomic E-state index is 0.170. The van der Waals surface area contributed by atoms with E-state index in [-0.39, 0.29) is 11.3 Å². The molecule has 1 amide bonds. The lowest BCUT2D eigenvalue weighted by Gasteiger charge is -2.27. The molecule has 2 rings (SSSR count). The van der Waals surface area contributed by atoms with Crippen LogP contribution in [0.2, 0.25) is 0 Å². The molecule has 1 unspecified atom stereocenters. The van der Waals surface area contributed by atoms with E-state index in [9.17, 15) is 4.79 Å².